The normalized spacial score (nSPS) is 24.7. The Kier molecular flexibility index (Phi) is 9.84. The molecule has 2 aliphatic heterocycles. The summed E-state index contributed by atoms with van der Waals surface area (Å²) in [6.45, 7) is 7.31. The number of benzene rings is 1. The maximum absolute atomic E-state index is 13.7. The minimum Gasteiger partial charge on any atom is -0.486 e. The molecule has 1 saturated heterocycles. The van der Waals surface area contributed by atoms with Gasteiger partial charge in [-0.15, -0.1) is 0 Å². The molecule has 1 saturated carbocycles. The van der Waals surface area contributed by atoms with E-state index in [0.29, 0.717) is 49.6 Å². The van der Waals surface area contributed by atoms with Crippen LogP contribution in [0.25, 0.3) is 0 Å². The van der Waals surface area contributed by atoms with Crippen molar-refractivity contribution in [2.45, 2.75) is 70.9 Å². The summed E-state index contributed by atoms with van der Waals surface area (Å²) in [5, 5.41) is 13.0. The number of hydrogen-bond acceptors (Lipinski definition) is 6. The van der Waals surface area contributed by atoms with E-state index in [0.717, 1.165) is 19.0 Å². The van der Waals surface area contributed by atoms with Crippen molar-refractivity contribution in [1.82, 2.24) is 9.80 Å². The van der Waals surface area contributed by atoms with Crippen LogP contribution in [0.5, 0.6) is 5.75 Å². The lowest BCUT2D eigenvalue weighted by Gasteiger charge is -2.39. The number of carbonyl (C=O) groups is 2. The van der Waals surface area contributed by atoms with Crippen molar-refractivity contribution in [2.75, 3.05) is 51.8 Å². The monoisotopic (exact) mass is 515 g/mol. The highest BCUT2D eigenvalue weighted by molar-refractivity contribution is 6.02. The van der Waals surface area contributed by atoms with Gasteiger partial charge in [-0.3, -0.25) is 9.59 Å². The Balaban J connectivity index is 1.60. The van der Waals surface area contributed by atoms with Crippen LogP contribution in [0.3, 0.4) is 0 Å². The summed E-state index contributed by atoms with van der Waals surface area (Å²) in [5.74, 6) is 0.839. The average Bonchev–Trinajstić information content (AvgIpc) is 2.91. The van der Waals surface area contributed by atoms with Gasteiger partial charge in [0.05, 0.1) is 23.9 Å². The van der Waals surface area contributed by atoms with E-state index >= 15 is 0 Å². The summed E-state index contributed by atoms with van der Waals surface area (Å²) < 4.78 is 12.1. The number of carbonyl (C=O) groups excluding carboxylic acids is 2. The summed E-state index contributed by atoms with van der Waals surface area (Å²) in [4.78, 5) is 30.9. The quantitative estimate of drug-likeness (QED) is 0.548. The molecule has 37 heavy (non-hydrogen) atoms. The van der Waals surface area contributed by atoms with Crippen LogP contribution < -0.4 is 10.1 Å². The number of para-hydroxylation sites is 1. The number of aliphatic hydroxyl groups excluding tert-OH is 1. The number of nitrogens with one attached hydrogen (secondary N) is 1. The Morgan fingerprint density at radius 3 is 2.59 bits per heavy atom. The SMILES string of the molecule is C[C@@H]1CN([C@@H](C)CO)C(=O)c2cccc(NC(=O)C3CCOCC3)c2O[C@@H]1CN(C)CC1CCCCC1. The highest BCUT2D eigenvalue weighted by atomic mass is 16.5. The molecule has 0 bridgehead atoms. The zero-order valence-electron chi connectivity index (χ0n) is 22.8. The zero-order chi connectivity index (χ0) is 26.4. The van der Waals surface area contributed by atoms with Crippen molar-refractivity contribution >= 4 is 17.5 Å². The number of fused-ring (bicyclic) bond motifs is 1. The lowest BCUT2D eigenvalue weighted by molar-refractivity contribution is -0.122. The van der Waals surface area contributed by atoms with Crippen molar-refractivity contribution in [2.24, 2.45) is 17.8 Å². The van der Waals surface area contributed by atoms with Gasteiger partial charge in [-0.25, -0.2) is 0 Å². The fraction of sp³-hybridized carbons (Fsp3) is 0.724. The fourth-order valence-electron chi connectivity index (χ4n) is 5.95. The van der Waals surface area contributed by atoms with Crippen molar-refractivity contribution in [1.29, 1.82) is 0 Å². The van der Waals surface area contributed by atoms with E-state index in [4.69, 9.17) is 9.47 Å². The number of amides is 2. The van der Waals surface area contributed by atoms with Gasteiger partial charge in [0.15, 0.2) is 5.75 Å². The number of aliphatic hydroxyl groups is 1. The molecule has 0 aromatic heterocycles. The summed E-state index contributed by atoms with van der Waals surface area (Å²) in [5.41, 5.74) is 0.963. The van der Waals surface area contributed by atoms with Crippen molar-refractivity contribution in [3.8, 4) is 5.75 Å². The van der Waals surface area contributed by atoms with Crippen LogP contribution >= 0.6 is 0 Å². The molecule has 0 spiro atoms. The lowest BCUT2D eigenvalue weighted by atomic mass is 9.89. The zero-order valence-corrected chi connectivity index (χ0v) is 22.8. The first-order chi connectivity index (χ1) is 17.9. The van der Waals surface area contributed by atoms with Crippen molar-refractivity contribution < 1.29 is 24.2 Å². The molecule has 1 aromatic rings. The van der Waals surface area contributed by atoms with E-state index in [1.165, 1.54) is 32.1 Å². The predicted molar refractivity (Wildman–Crippen MR) is 144 cm³/mol. The first-order valence-electron chi connectivity index (χ1n) is 14.2. The van der Waals surface area contributed by atoms with Crippen LogP contribution in [0, 0.1) is 17.8 Å². The molecule has 2 fully saturated rings. The third kappa shape index (κ3) is 7.03. The third-order valence-corrected chi connectivity index (χ3v) is 8.33. The van der Waals surface area contributed by atoms with Crippen LogP contribution in [0.1, 0.15) is 69.2 Å². The molecule has 0 unspecified atom stereocenters. The van der Waals surface area contributed by atoms with Gasteiger partial charge in [0.2, 0.25) is 5.91 Å². The van der Waals surface area contributed by atoms with Gasteiger partial charge < -0.3 is 29.7 Å². The van der Waals surface area contributed by atoms with Gasteiger partial charge in [0.1, 0.15) is 6.10 Å². The van der Waals surface area contributed by atoms with E-state index in [2.05, 4.69) is 24.2 Å². The van der Waals surface area contributed by atoms with Gasteiger partial charge in [-0.1, -0.05) is 32.3 Å². The van der Waals surface area contributed by atoms with Crippen LogP contribution in [-0.2, 0) is 9.53 Å². The maximum atomic E-state index is 13.7. The smallest absolute Gasteiger partial charge is 0.258 e. The highest BCUT2D eigenvalue weighted by Gasteiger charge is 2.35. The van der Waals surface area contributed by atoms with Gasteiger partial charge in [0, 0.05) is 44.7 Å². The topological polar surface area (TPSA) is 91.3 Å². The van der Waals surface area contributed by atoms with E-state index in [-0.39, 0.29) is 42.4 Å². The third-order valence-electron chi connectivity index (χ3n) is 8.33. The first-order valence-corrected chi connectivity index (χ1v) is 14.2. The molecular formula is C29H45N3O5. The van der Waals surface area contributed by atoms with E-state index < -0.39 is 0 Å². The van der Waals surface area contributed by atoms with Crippen LogP contribution in [-0.4, -0.2) is 85.4 Å². The molecule has 2 heterocycles. The minimum atomic E-state index is -0.318. The predicted octanol–water partition coefficient (Wildman–Crippen LogP) is 3.78. The summed E-state index contributed by atoms with van der Waals surface area (Å²) in [6, 6.07) is 5.05. The molecule has 8 nitrogen and oxygen atoms in total. The van der Waals surface area contributed by atoms with Crippen LogP contribution in [0.15, 0.2) is 18.2 Å². The van der Waals surface area contributed by atoms with Gasteiger partial charge in [-0.05, 0) is 57.7 Å². The summed E-state index contributed by atoms with van der Waals surface area (Å²) >= 11 is 0. The van der Waals surface area contributed by atoms with Gasteiger partial charge in [0.25, 0.3) is 5.91 Å². The molecule has 2 amide bonds. The van der Waals surface area contributed by atoms with Crippen molar-refractivity contribution in [3.63, 3.8) is 0 Å². The second-order valence-corrected chi connectivity index (χ2v) is 11.4. The maximum Gasteiger partial charge on any atom is 0.258 e. The standard InChI is InChI=1S/C29H45N3O5/c1-20-16-32(21(2)19-33)29(35)24-10-7-11-25(30-28(34)23-12-14-36-15-13-23)27(24)37-26(20)18-31(3)17-22-8-5-4-6-9-22/h7,10-11,20-23,26,33H,4-6,8-9,12-19H2,1-3H3,(H,30,34)/t20-,21+,26-/m1/s1. The fourth-order valence-corrected chi connectivity index (χ4v) is 5.95. The summed E-state index contributed by atoms with van der Waals surface area (Å²) in [6.07, 6.45) is 7.75. The molecular weight excluding hydrogens is 470 g/mol. The molecule has 2 N–H and O–H groups in total. The van der Waals surface area contributed by atoms with E-state index in [1.54, 1.807) is 17.0 Å². The Bertz CT molecular complexity index is 913. The number of anilines is 1. The molecule has 4 rings (SSSR count). The Morgan fingerprint density at radius 1 is 1.16 bits per heavy atom. The highest BCUT2D eigenvalue weighted by Crippen LogP contribution is 2.36. The number of ether oxygens (including phenoxy) is 2. The average molecular weight is 516 g/mol. The largest absolute Gasteiger partial charge is 0.486 e. The van der Waals surface area contributed by atoms with E-state index in [1.807, 2.05) is 13.0 Å². The second-order valence-electron chi connectivity index (χ2n) is 11.4. The number of rotatable bonds is 8. The molecule has 1 aromatic carbocycles. The Hall–Kier alpha value is -2.16. The first kappa shape index (κ1) is 27.9. The molecule has 0 radical (unpaired) electrons. The van der Waals surface area contributed by atoms with E-state index in [9.17, 15) is 14.7 Å². The number of nitrogens with zero attached hydrogens (tertiary/aromatic N) is 2. The van der Waals surface area contributed by atoms with Crippen molar-refractivity contribution in [3.05, 3.63) is 23.8 Å². The van der Waals surface area contributed by atoms with Gasteiger partial charge >= 0.3 is 0 Å². The second kappa shape index (κ2) is 13.1. The van der Waals surface area contributed by atoms with Gasteiger partial charge in [-0.2, -0.15) is 0 Å². The molecule has 1 aliphatic carbocycles. The molecule has 206 valence electrons. The lowest BCUT2D eigenvalue weighted by Crippen LogP contribution is -2.50. The Morgan fingerprint density at radius 2 is 1.89 bits per heavy atom. The number of likely N-dealkylation sites (N-methyl/N-ethyl adjacent to an activating group) is 1. The number of hydrogen-bond donors (Lipinski definition) is 2. The molecule has 3 aliphatic rings. The Labute approximate surface area is 221 Å². The van der Waals surface area contributed by atoms with Crippen LogP contribution in [0.2, 0.25) is 0 Å². The molecule has 8 heteroatoms. The minimum absolute atomic E-state index is 0.0409. The van der Waals surface area contributed by atoms with Crippen LogP contribution in [0.4, 0.5) is 5.69 Å². The summed E-state index contributed by atoms with van der Waals surface area (Å²) in [7, 11) is 2.16. The molecule has 3 atom stereocenters.